The van der Waals surface area contributed by atoms with Gasteiger partial charge in [-0.3, -0.25) is 9.48 Å². The number of rotatable bonds is 4. The monoisotopic (exact) mass is 292 g/mol. The first-order valence-electron chi connectivity index (χ1n) is 6.30. The summed E-state index contributed by atoms with van der Waals surface area (Å²) in [5.41, 5.74) is 3.06. The Morgan fingerprint density at radius 1 is 1.40 bits per heavy atom. The average molecular weight is 293 g/mol. The maximum absolute atomic E-state index is 12.4. The van der Waals surface area contributed by atoms with Crippen LogP contribution in [-0.4, -0.2) is 22.7 Å². The van der Waals surface area contributed by atoms with Crippen LogP contribution in [0.2, 0.25) is 5.02 Å². The molecule has 1 aromatic carbocycles. The number of aromatic nitrogens is 2. The van der Waals surface area contributed by atoms with Crippen LogP contribution >= 0.6 is 11.6 Å². The van der Waals surface area contributed by atoms with E-state index in [0.29, 0.717) is 16.3 Å². The van der Waals surface area contributed by atoms with Crippen molar-refractivity contribution in [2.24, 2.45) is 7.05 Å². The molecule has 1 heterocycles. The summed E-state index contributed by atoms with van der Waals surface area (Å²) in [6.07, 6.45) is 0.204. The molecule has 2 rings (SSSR count). The fourth-order valence-corrected chi connectivity index (χ4v) is 2.38. The van der Waals surface area contributed by atoms with E-state index < -0.39 is 0 Å². The molecule has 0 saturated carbocycles. The molecule has 4 nitrogen and oxygen atoms in total. The number of aryl methyl sites for hydroxylation is 3. The Labute approximate surface area is 123 Å². The normalized spacial score (nSPS) is 10.7. The lowest BCUT2D eigenvalue weighted by Crippen LogP contribution is -2.09. The van der Waals surface area contributed by atoms with Gasteiger partial charge in [0.1, 0.15) is 5.75 Å². The van der Waals surface area contributed by atoms with Crippen molar-refractivity contribution in [1.82, 2.24) is 9.78 Å². The van der Waals surface area contributed by atoms with E-state index in [1.807, 2.05) is 26.0 Å². The number of halogens is 1. The molecular weight excluding hydrogens is 276 g/mol. The number of carbonyl (C=O) groups excluding carboxylic acids is 1. The zero-order chi connectivity index (χ0) is 14.9. The van der Waals surface area contributed by atoms with Crippen LogP contribution in [0.15, 0.2) is 18.2 Å². The van der Waals surface area contributed by atoms with Crippen molar-refractivity contribution in [3.05, 3.63) is 45.7 Å². The number of nitrogens with zero attached hydrogens (tertiary/aromatic N) is 2. The van der Waals surface area contributed by atoms with Crippen molar-refractivity contribution in [2.75, 3.05) is 7.11 Å². The molecule has 0 aliphatic heterocycles. The minimum absolute atomic E-state index is 0.0354. The predicted octanol–water partition coefficient (Wildman–Crippen LogP) is 3.12. The maximum atomic E-state index is 12.4. The fourth-order valence-electron chi connectivity index (χ4n) is 2.15. The van der Waals surface area contributed by atoms with Gasteiger partial charge in [0.05, 0.1) is 35.5 Å². The molecule has 0 aliphatic rings. The zero-order valence-electron chi connectivity index (χ0n) is 12.0. The Morgan fingerprint density at radius 2 is 2.10 bits per heavy atom. The van der Waals surface area contributed by atoms with Crippen molar-refractivity contribution >= 4 is 17.4 Å². The summed E-state index contributed by atoms with van der Waals surface area (Å²) < 4.78 is 6.92. The Kier molecular flexibility index (Phi) is 4.14. The van der Waals surface area contributed by atoms with Gasteiger partial charge in [-0.1, -0.05) is 17.7 Å². The number of Topliss-reactive ketones (excluding diaryl/α,β-unsaturated/α-hetero) is 1. The zero-order valence-corrected chi connectivity index (χ0v) is 12.8. The number of benzene rings is 1. The lowest BCUT2D eigenvalue weighted by molar-refractivity contribution is 0.0988. The van der Waals surface area contributed by atoms with Gasteiger partial charge in [0, 0.05) is 7.05 Å². The number of carbonyl (C=O) groups is 1. The van der Waals surface area contributed by atoms with Gasteiger partial charge in [-0.2, -0.15) is 5.10 Å². The minimum Gasteiger partial charge on any atom is -0.496 e. The van der Waals surface area contributed by atoms with Crippen LogP contribution in [0.1, 0.15) is 27.3 Å². The lowest BCUT2D eigenvalue weighted by atomic mass is 10.0. The standard InChI is InChI=1S/C15H17ClN2O2/c1-9-5-6-11(14(7-9)20-4)13(19)8-12-15(16)10(2)17-18(12)3/h5-7H,8H2,1-4H3. The van der Waals surface area contributed by atoms with Crippen LogP contribution in [0.3, 0.4) is 0 Å². The van der Waals surface area contributed by atoms with Crippen LogP contribution in [0, 0.1) is 13.8 Å². The third-order valence-electron chi connectivity index (χ3n) is 3.25. The number of hydrogen-bond donors (Lipinski definition) is 0. The lowest BCUT2D eigenvalue weighted by Gasteiger charge is -2.09. The molecule has 0 saturated heterocycles. The highest BCUT2D eigenvalue weighted by Crippen LogP contribution is 2.25. The van der Waals surface area contributed by atoms with Gasteiger partial charge in [0.2, 0.25) is 0 Å². The van der Waals surface area contributed by atoms with Gasteiger partial charge in [-0.05, 0) is 31.5 Å². The van der Waals surface area contributed by atoms with Gasteiger partial charge in [0.25, 0.3) is 0 Å². The molecule has 0 N–H and O–H groups in total. The summed E-state index contributed by atoms with van der Waals surface area (Å²) in [5.74, 6) is 0.553. The molecule has 5 heteroatoms. The molecule has 106 valence electrons. The molecule has 0 amide bonds. The molecule has 0 unspecified atom stereocenters. The van der Waals surface area contributed by atoms with Crippen LogP contribution in [-0.2, 0) is 13.5 Å². The molecule has 20 heavy (non-hydrogen) atoms. The second kappa shape index (κ2) is 5.67. The summed E-state index contributed by atoms with van der Waals surface area (Å²) in [5, 5.41) is 4.76. The van der Waals surface area contributed by atoms with E-state index in [4.69, 9.17) is 16.3 Å². The van der Waals surface area contributed by atoms with Gasteiger partial charge in [-0.15, -0.1) is 0 Å². The molecule has 0 fully saturated rings. The van der Waals surface area contributed by atoms with Crippen molar-refractivity contribution in [3.8, 4) is 5.75 Å². The molecule has 0 radical (unpaired) electrons. The third kappa shape index (κ3) is 2.70. The maximum Gasteiger partial charge on any atom is 0.172 e. The van der Waals surface area contributed by atoms with Crippen LogP contribution in [0.5, 0.6) is 5.75 Å². The predicted molar refractivity (Wildman–Crippen MR) is 78.7 cm³/mol. The second-order valence-corrected chi connectivity index (χ2v) is 5.15. The summed E-state index contributed by atoms with van der Waals surface area (Å²) >= 11 is 6.18. The molecular formula is C15H17ClN2O2. The van der Waals surface area contributed by atoms with E-state index in [9.17, 15) is 4.79 Å². The fraction of sp³-hybridized carbons (Fsp3) is 0.333. The van der Waals surface area contributed by atoms with E-state index in [2.05, 4.69) is 5.10 Å². The summed E-state index contributed by atoms with van der Waals surface area (Å²) in [7, 11) is 3.35. The highest BCUT2D eigenvalue weighted by atomic mass is 35.5. The number of hydrogen-bond acceptors (Lipinski definition) is 3. The van der Waals surface area contributed by atoms with E-state index in [0.717, 1.165) is 17.0 Å². The first kappa shape index (κ1) is 14.6. The molecule has 0 bridgehead atoms. The Morgan fingerprint density at radius 3 is 2.65 bits per heavy atom. The number of ketones is 1. The van der Waals surface area contributed by atoms with Crippen LogP contribution < -0.4 is 4.74 Å². The van der Waals surface area contributed by atoms with E-state index in [1.54, 1.807) is 24.9 Å². The van der Waals surface area contributed by atoms with E-state index in [1.165, 1.54) is 0 Å². The Hall–Kier alpha value is -1.81. The first-order chi connectivity index (χ1) is 9.43. The van der Waals surface area contributed by atoms with Gasteiger partial charge in [-0.25, -0.2) is 0 Å². The molecule has 0 spiro atoms. The first-order valence-corrected chi connectivity index (χ1v) is 6.67. The second-order valence-electron chi connectivity index (χ2n) is 4.77. The third-order valence-corrected chi connectivity index (χ3v) is 3.74. The Balaban J connectivity index is 2.33. The van der Waals surface area contributed by atoms with E-state index in [-0.39, 0.29) is 12.2 Å². The van der Waals surface area contributed by atoms with Crippen molar-refractivity contribution < 1.29 is 9.53 Å². The average Bonchev–Trinajstić information content (AvgIpc) is 2.65. The topological polar surface area (TPSA) is 44.1 Å². The number of ether oxygens (including phenoxy) is 1. The molecule has 0 atom stereocenters. The smallest absolute Gasteiger partial charge is 0.172 e. The minimum atomic E-state index is -0.0354. The van der Waals surface area contributed by atoms with Crippen molar-refractivity contribution in [2.45, 2.75) is 20.3 Å². The summed E-state index contributed by atoms with van der Waals surface area (Å²) in [6, 6.07) is 5.53. The van der Waals surface area contributed by atoms with Crippen LogP contribution in [0.25, 0.3) is 0 Å². The van der Waals surface area contributed by atoms with Crippen molar-refractivity contribution in [3.63, 3.8) is 0 Å². The quantitative estimate of drug-likeness (QED) is 0.813. The Bertz CT molecular complexity index is 662. The largest absolute Gasteiger partial charge is 0.496 e. The molecule has 0 aliphatic carbocycles. The van der Waals surface area contributed by atoms with Gasteiger partial charge < -0.3 is 4.74 Å². The highest BCUT2D eigenvalue weighted by Gasteiger charge is 2.18. The SMILES string of the molecule is COc1cc(C)ccc1C(=O)Cc1c(Cl)c(C)nn1C. The molecule has 1 aromatic heterocycles. The number of methoxy groups -OCH3 is 1. The van der Waals surface area contributed by atoms with Gasteiger partial charge >= 0.3 is 0 Å². The van der Waals surface area contributed by atoms with Gasteiger partial charge in [0.15, 0.2) is 5.78 Å². The summed E-state index contributed by atoms with van der Waals surface area (Å²) in [4.78, 5) is 12.4. The van der Waals surface area contributed by atoms with E-state index >= 15 is 0 Å². The molecule has 2 aromatic rings. The summed E-state index contributed by atoms with van der Waals surface area (Å²) in [6.45, 7) is 3.78. The van der Waals surface area contributed by atoms with Crippen LogP contribution in [0.4, 0.5) is 0 Å². The highest BCUT2D eigenvalue weighted by molar-refractivity contribution is 6.32. The van der Waals surface area contributed by atoms with Crippen molar-refractivity contribution in [1.29, 1.82) is 0 Å².